The number of nitrogens with one attached hydrogen (secondary N) is 1. The van der Waals surface area contributed by atoms with E-state index in [-0.39, 0.29) is 5.91 Å². The third-order valence-electron chi connectivity index (χ3n) is 5.60. The second-order valence-corrected chi connectivity index (χ2v) is 7.97. The normalized spacial score (nSPS) is 10.9. The van der Waals surface area contributed by atoms with Gasteiger partial charge in [-0.25, -0.2) is 4.98 Å². The fourth-order valence-electron chi connectivity index (χ4n) is 3.84. The van der Waals surface area contributed by atoms with E-state index < -0.39 is 0 Å². The number of fused-ring (bicyclic) bond motifs is 1. The molecule has 0 radical (unpaired) electrons. The van der Waals surface area contributed by atoms with Gasteiger partial charge in [-0.2, -0.15) is 0 Å². The molecule has 176 valence electrons. The molecule has 1 N–H and O–H groups in total. The predicted molar refractivity (Wildman–Crippen MR) is 132 cm³/mol. The van der Waals surface area contributed by atoms with Crippen molar-refractivity contribution in [2.24, 2.45) is 0 Å². The summed E-state index contributed by atoms with van der Waals surface area (Å²) in [6.45, 7) is 2.12. The quantitative estimate of drug-likeness (QED) is 0.312. The maximum atomic E-state index is 12.2. The second-order valence-electron chi connectivity index (χ2n) is 7.97. The third kappa shape index (κ3) is 6.13. The van der Waals surface area contributed by atoms with E-state index in [9.17, 15) is 4.79 Å². The number of ether oxygens (including phenoxy) is 2. The standard InChI is InChI=1S/C27H30N4O3/c1-33-21-13-15-22(16-14-21)34-20-7-6-19-31-25-11-3-2-9-23(25)30-26(31)12-8-18-29-27(32)24-10-4-5-17-28-24/h2-5,9-11,13-17H,6-8,12,18-20H2,1H3,(H,29,32). The Balaban J connectivity index is 1.27. The fourth-order valence-corrected chi connectivity index (χ4v) is 3.84. The number of pyridine rings is 1. The molecule has 0 aliphatic carbocycles. The van der Waals surface area contributed by atoms with Crippen LogP contribution in [0.25, 0.3) is 11.0 Å². The Labute approximate surface area is 199 Å². The average molecular weight is 459 g/mol. The highest BCUT2D eigenvalue weighted by molar-refractivity contribution is 5.92. The number of amides is 1. The number of carbonyl (C=O) groups is 1. The summed E-state index contributed by atoms with van der Waals surface area (Å²) in [5.74, 6) is 2.57. The molecule has 7 nitrogen and oxygen atoms in total. The molecule has 0 atom stereocenters. The van der Waals surface area contributed by atoms with Gasteiger partial charge in [0.25, 0.3) is 5.91 Å². The molecular weight excluding hydrogens is 428 g/mol. The average Bonchev–Trinajstić information content (AvgIpc) is 3.24. The SMILES string of the molecule is COc1ccc(OCCCCn2c(CCCNC(=O)c3ccccn3)nc3ccccc32)cc1. The van der Waals surface area contributed by atoms with E-state index in [4.69, 9.17) is 14.5 Å². The minimum Gasteiger partial charge on any atom is -0.497 e. The highest BCUT2D eigenvalue weighted by Gasteiger charge is 2.11. The zero-order chi connectivity index (χ0) is 23.6. The Hall–Kier alpha value is -3.87. The number of nitrogens with zero attached hydrogens (tertiary/aromatic N) is 3. The molecule has 2 heterocycles. The largest absolute Gasteiger partial charge is 0.497 e. The molecule has 34 heavy (non-hydrogen) atoms. The lowest BCUT2D eigenvalue weighted by atomic mass is 10.2. The first kappa shape index (κ1) is 23.3. The van der Waals surface area contributed by atoms with Crippen molar-refractivity contribution in [3.05, 3.63) is 84.4 Å². The maximum Gasteiger partial charge on any atom is 0.269 e. The summed E-state index contributed by atoms with van der Waals surface area (Å²) >= 11 is 0. The van der Waals surface area contributed by atoms with Crippen LogP contribution in [-0.4, -0.2) is 40.7 Å². The monoisotopic (exact) mass is 458 g/mol. The zero-order valence-corrected chi connectivity index (χ0v) is 19.4. The molecule has 4 rings (SSSR count). The summed E-state index contributed by atoms with van der Waals surface area (Å²) in [6, 6.07) is 21.2. The van der Waals surface area contributed by atoms with Crippen LogP contribution < -0.4 is 14.8 Å². The number of imidazole rings is 1. The highest BCUT2D eigenvalue weighted by Crippen LogP contribution is 2.19. The molecule has 0 unspecified atom stereocenters. The van der Waals surface area contributed by atoms with Crippen molar-refractivity contribution in [1.29, 1.82) is 0 Å². The van der Waals surface area contributed by atoms with Crippen LogP contribution >= 0.6 is 0 Å². The van der Waals surface area contributed by atoms with Crippen molar-refractivity contribution in [1.82, 2.24) is 19.9 Å². The van der Waals surface area contributed by atoms with Gasteiger partial charge in [0, 0.05) is 25.7 Å². The molecular formula is C27H30N4O3. The number of benzene rings is 2. The number of carbonyl (C=O) groups excluding carboxylic acids is 1. The molecule has 0 aliphatic rings. The number of para-hydroxylation sites is 2. The van der Waals surface area contributed by atoms with Crippen LogP contribution in [0.5, 0.6) is 11.5 Å². The molecule has 0 aliphatic heterocycles. The van der Waals surface area contributed by atoms with Crippen LogP contribution in [0.1, 0.15) is 35.6 Å². The van der Waals surface area contributed by atoms with Crippen LogP contribution in [0.2, 0.25) is 0 Å². The van der Waals surface area contributed by atoms with E-state index in [1.807, 2.05) is 48.5 Å². The molecule has 0 spiro atoms. The molecule has 0 saturated carbocycles. The zero-order valence-electron chi connectivity index (χ0n) is 19.4. The van der Waals surface area contributed by atoms with E-state index >= 15 is 0 Å². The number of rotatable bonds is 12. The van der Waals surface area contributed by atoms with E-state index in [0.29, 0.717) is 18.8 Å². The molecule has 0 bridgehead atoms. The van der Waals surface area contributed by atoms with Crippen molar-refractivity contribution in [3.8, 4) is 11.5 Å². The maximum absolute atomic E-state index is 12.2. The topological polar surface area (TPSA) is 78.3 Å². The minimum atomic E-state index is -0.147. The fraction of sp³-hybridized carbons (Fsp3) is 0.296. The number of aryl methyl sites for hydroxylation is 2. The number of aromatic nitrogens is 3. The molecule has 0 fully saturated rings. The van der Waals surface area contributed by atoms with E-state index in [1.165, 1.54) is 0 Å². The van der Waals surface area contributed by atoms with Crippen molar-refractivity contribution < 1.29 is 14.3 Å². The van der Waals surface area contributed by atoms with Crippen LogP contribution in [0.3, 0.4) is 0 Å². The second kappa shape index (κ2) is 11.8. The first-order chi connectivity index (χ1) is 16.7. The Morgan fingerprint density at radius 2 is 1.74 bits per heavy atom. The molecule has 2 aromatic carbocycles. The number of methoxy groups -OCH3 is 1. The van der Waals surface area contributed by atoms with Gasteiger partial charge in [0.05, 0.1) is 24.8 Å². The van der Waals surface area contributed by atoms with Crippen molar-refractivity contribution in [2.75, 3.05) is 20.3 Å². The van der Waals surface area contributed by atoms with Crippen LogP contribution in [0, 0.1) is 0 Å². The van der Waals surface area contributed by atoms with E-state index in [1.54, 1.807) is 25.4 Å². The minimum absolute atomic E-state index is 0.147. The first-order valence-corrected chi connectivity index (χ1v) is 11.6. The Kier molecular flexibility index (Phi) is 8.11. The van der Waals surface area contributed by atoms with Gasteiger partial charge in [-0.15, -0.1) is 0 Å². The van der Waals surface area contributed by atoms with Crippen molar-refractivity contribution in [2.45, 2.75) is 32.2 Å². The predicted octanol–water partition coefficient (Wildman–Crippen LogP) is 4.66. The van der Waals surface area contributed by atoms with Gasteiger partial charge in [0.15, 0.2) is 0 Å². The number of unbranched alkanes of at least 4 members (excludes halogenated alkanes) is 1. The van der Waals surface area contributed by atoms with Gasteiger partial charge >= 0.3 is 0 Å². The van der Waals surface area contributed by atoms with Gasteiger partial charge < -0.3 is 19.4 Å². The number of hydrogen-bond donors (Lipinski definition) is 1. The molecule has 7 heteroatoms. The first-order valence-electron chi connectivity index (χ1n) is 11.6. The number of hydrogen-bond acceptors (Lipinski definition) is 5. The van der Waals surface area contributed by atoms with Crippen LogP contribution in [-0.2, 0) is 13.0 Å². The van der Waals surface area contributed by atoms with Gasteiger partial charge in [-0.1, -0.05) is 18.2 Å². The summed E-state index contributed by atoms with van der Waals surface area (Å²) < 4.78 is 13.3. The smallest absolute Gasteiger partial charge is 0.269 e. The van der Waals surface area contributed by atoms with Gasteiger partial charge in [0.2, 0.25) is 0 Å². The summed E-state index contributed by atoms with van der Waals surface area (Å²) in [4.78, 5) is 21.1. The van der Waals surface area contributed by atoms with E-state index in [2.05, 4.69) is 20.9 Å². The lowest BCUT2D eigenvalue weighted by Gasteiger charge is -2.11. The van der Waals surface area contributed by atoms with Crippen LogP contribution in [0.4, 0.5) is 0 Å². The lowest BCUT2D eigenvalue weighted by molar-refractivity contribution is 0.0948. The highest BCUT2D eigenvalue weighted by atomic mass is 16.5. The van der Waals surface area contributed by atoms with Gasteiger partial charge in [0.1, 0.15) is 23.0 Å². The molecule has 2 aromatic heterocycles. The molecule has 0 saturated heterocycles. The van der Waals surface area contributed by atoms with Crippen molar-refractivity contribution >= 4 is 16.9 Å². The van der Waals surface area contributed by atoms with Gasteiger partial charge in [-0.3, -0.25) is 9.78 Å². The summed E-state index contributed by atoms with van der Waals surface area (Å²) in [7, 11) is 1.65. The van der Waals surface area contributed by atoms with Gasteiger partial charge in [-0.05, 0) is 67.8 Å². The van der Waals surface area contributed by atoms with Crippen molar-refractivity contribution in [3.63, 3.8) is 0 Å². The lowest BCUT2D eigenvalue weighted by Crippen LogP contribution is -2.25. The Morgan fingerprint density at radius 1 is 0.941 bits per heavy atom. The molecule has 4 aromatic rings. The van der Waals surface area contributed by atoms with E-state index in [0.717, 1.165) is 60.6 Å². The third-order valence-corrected chi connectivity index (χ3v) is 5.60. The van der Waals surface area contributed by atoms with Crippen LogP contribution in [0.15, 0.2) is 72.9 Å². The summed E-state index contributed by atoms with van der Waals surface area (Å²) in [6.07, 6.45) is 5.15. The molecule has 1 amide bonds. The Bertz CT molecular complexity index is 1190. The summed E-state index contributed by atoms with van der Waals surface area (Å²) in [5.41, 5.74) is 2.59. The Morgan fingerprint density at radius 3 is 2.53 bits per heavy atom. The summed E-state index contributed by atoms with van der Waals surface area (Å²) in [5, 5.41) is 2.94.